The van der Waals surface area contributed by atoms with Crippen LogP contribution in [0.5, 0.6) is 5.75 Å². The molecule has 0 spiro atoms. The SMILES string of the molecule is Cc1n[nH]c(=O)c(C=Cc2ccc(F)c(F)c2)c1-c1ccccc1OCc1ccccc1. The summed E-state index contributed by atoms with van der Waals surface area (Å²) in [4.78, 5) is 12.7. The molecule has 4 aromatic rings. The first-order chi connectivity index (χ1) is 15.5. The van der Waals surface area contributed by atoms with Crippen molar-refractivity contribution in [2.75, 3.05) is 0 Å². The van der Waals surface area contributed by atoms with Crippen LogP contribution in [-0.2, 0) is 6.61 Å². The van der Waals surface area contributed by atoms with Gasteiger partial charge in [-0.05, 0) is 42.3 Å². The number of hydrogen-bond donors (Lipinski definition) is 1. The lowest BCUT2D eigenvalue weighted by Crippen LogP contribution is -2.15. The van der Waals surface area contributed by atoms with E-state index >= 15 is 0 Å². The minimum atomic E-state index is -0.952. The van der Waals surface area contributed by atoms with Crippen molar-refractivity contribution in [2.24, 2.45) is 0 Å². The third-order valence-electron chi connectivity index (χ3n) is 4.98. The van der Waals surface area contributed by atoms with Gasteiger partial charge in [0.1, 0.15) is 12.4 Å². The van der Waals surface area contributed by atoms with Gasteiger partial charge in [-0.2, -0.15) is 5.10 Å². The molecule has 0 radical (unpaired) electrons. The molecule has 1 heterocycles. The molecule has 0 aliphatic heterocycles. The molecule has 1 aromatic heterocycles. The standard InChI is InChI=1S/C26H20F2N2O2/c1-17-25(20-9-5-6-10-24(20)32-16-19-7-3-2-4-8-19)21(26(31)30-29-17)13-11-18-12-14-22(27)23(28)15-18/h2-15H,16H2,1H3,(H,30,31). The van der Waals surface area contributed by atoms with Gasteiger partial charge in [-0.1, -0.05) is 60.7 Å². The molecule has 0 atom stereocenters. The van der Waals surface area contributed by atoms with Crippen LogP contribution in [0, 0.1) is 18.6 Å². The number of nitrogens with zero attached hydrogens (tertiary/aromatic N) is 1. The van der Waals surface area contributed by atoms with E-state index in [0.717, 1.165) is 17.7 Å². The summed E-state index contributed by atoms with van der Waals surface area (Å²) < 4.78 is 32.9. The van der Waals surface area contributed by atoms with Crippen molar-refractivity contribution in [1.82, 2.24) is 10.2 Å². The normalized spacial score (nSPS) is 11.1. The van der Waals surface area contributed by atoms with E-state index in [1.54, 1.807) is 19.1 Å². The molecule has 0 aliphatic rings. The highest BCUT2D eigenvalue weighted by atomic mass is 19.2. The molecular formula is C26H20F2N2O2. The fourth-order valence-electron chi connectivity index (χ4n) is 3.39. The summed E-state index contributed by atoms with van der Waals surface area (Å²) >= 11 is 0. The number of hydrogen-bond acceptors (Lipinski definition) is 3. The van der Waals surface area contributed by atoms with Gasteiger partial charge in [0, 0.05) is 11.1 Å². The van der Waals surface area contributed by atoms with Crippen molar-refractivity contribution in [1.29, 1.82) is 0 Å². The summed E-state index contributed by atoms with van der Waals surface area (Å²) in [6.07, 6.45) is 3.13. The molecule has 6 heteroatoms. The quantitative estimate of drug-likeness (QED) is 0.422. The van der Waals surface area contributed by atoms with Crippen LogP contribution in [0.1, 0.15) is 22.4 Å². The molecule has 0 aliphatic carbocycles. The van der Waals surface area contributed by atoms with Gasteiger partial charge in [-0.25, -0.2) is 13.9 Å². The van der Waals surface area contributed by atoms with Crippen molar-refractivity contribution in [3.63, 3.8) is 0 Å². The Labute approximate surface area is 183 Å². The van der Waals surface area contributed by atoms with Gasteiger partial charge in [0.15, 0.2) is 11.6 Å². The van der Waals surface area contributed by atoms with E-state index in [1.165, 1.54) is 6.07 Å². The smallest absolute Gasteiger partial charge is 0.272 e. The highest BCUT2D eigenvalue weighted by Gasteiger charge is 2.16. The fraction of sp³-hybridized carbons (Fsp3) is 0.0769. The Bertz CT molecular complexity index is 1330. The minimum Gasteiger partial charge on any atom is -0.488 e. The number of para-hydroxylation sites is 1. The summed E-state index contributed by atoms with van der Waals surface area (Å²) in [5.41, 5.74) is 3.31. The van der Waals surface area contributed by atoms with Gasteiger partial charge in [0.05, 0.1) is 11.3 Å². The lowest BCUT2D eigenvalue weighted by Gasteiger charge is -2.14. The highest BCUT2D eigenvalue weighted by Crippen LogP contribution is 2.34. The zero-order valence-corrected chi connectivity index (χ0v) is 17.3. The van der Waals surface area contributed by atoms with Crippen molar-refractivity contribution >= 4 is 12.2 Å². The summed E-state index contributed by atoms with van der Waals surface area (Å²) in [6, 6.07) is 20.7. The number of aromatic nitrogens is 2. The van der Waals surface area contributed by atoms with E-state index < -0.39 is 17.2 Å². The second-order valence-electron chi connectivity index (χ2n) is 7.20. The second-order valence-corrected chi connectivity index (χ2v) is 7.20. The Balaban J connectivity index is 1.74. The van der Waals surface area contributed by atoms with Crippen LogP contribution in [0.3, 0.4) is 0 Å². The van der Waals surface area contributed by atoms with Gasteiger partial charge in [-0.15, -0.1) is 0 Å². The Morgan fingerprint density at radius 1 is 0.938 bits per heavy atom. The molecule has 4 rings (SSSR count). The van der Waals surface area contributed by atoms with Crippen LogP contribution < -0.4 is 10.3 Å². The van der Waals surface area contributed by atoms with Gasteiger partial charge < -0.3 is 4.74 Å². The fourth-order valence-corrected chi connectivity index (χ4v) is 3.39. The molecule has 32 heavy (non-hydrogen) atoms. The molecule has 1 N–H and O–H groups in total. The Morgan fingerprint density at radius 2 is 1.69 bits per heavy atom. The monoisotopic (exact) mass is 430 g/mol. The van der Waals surface area contributed by atoms with Crippen LogP contribution in [-0.4, -0.2) is 10.2 Å². The number of H-pyrrole nitrogens is 1. The average Bonchev–Trinajstić information content (AvgIpc) is 2.81. The van der Waals surface area contributed by atoms with E-state index in [0.29, 0.717) is 40.3 Å². The first-order valence-corrected chi connectivity index (χ1v) is 10.0. The Morgan fingerprint density at radius 3 is 2.47 bits per heavy atom. The predicted molar refractivity (Wildman–Crippen MR) is 121 cm³/mol. The maximum atomic E-state index is 13.6. The molecular weight excluding hydrogens is 410 g/mol. The zero-order valence-electron chi connectivity index (χ0n) is 17.3. The van der Waals surface area contributed by atoms with Gasteiger partial charge in [-0.3, -0.25) is 4.79 Å². The molecule has 160 valence electrons. The number of aromatic amines is 1. The van der Waals surface area contributed by atoms with Crippen LogP contribution in [0.2, 0.25) is 0 Å². The maximum absolute atomic E-state index is 13.6. The lowest BCUT2D eigenvalue weighted by molar-refractivity contribution is 0.307. The van der Waals surface area contributed by atoms with Crippen LogP contribution in [0.4, 0.5) is 8.78 Å². The molecule has 0 saturated heterocycles. The molecule has 3 aromatic carbocycles. The van der Waals surface area contributed by atoms with E-state index in [4.69, 9.17) is 4.74 Å². The van der Waals surface area contributed by atoms with Gasteiger partial charge in [0.2, 0.25) is 0 Å². The number of nitrogens with one attached hydrogen (secondary N) is 1. The van der Waals surface area contributed by atoms with E-state index in [9.17, 15) is 13.6 Å². The first-order valence-electron chi connectivity index (χ1n) is 10.0. The Kier molecular flexibility index (Phi) is 6.22. The molecule has 0 unspecified atom stereocenters. The Hall–Kier alpha value is -4.06. The van der Waals surface area contributed by atoms with Gasteiger partial charge >= 0.3 is 0 Å². The zero-order chi connectivity index (χ0) is 22.5. The van der Waals surface area contributed by atoms with Crippen molar-refractivity contribution in [3.05, 3.63) is 117 Å². The maximum Gasteiger partial charge on any atom is 0.272 e. The summed E-state index contributed by atoms with van der Waals surface area (Å²) in [7, 11) is 0. The van der Waals surface area contributed by atoms with Crippen LogP contribution in [0.25, 0.3) is 23.3 Å². The number of aryl methyl sites for hydroxylation is 1. The van der Waals surface area contributed by atoms with Crippen molar-refractivity contribution in [2.45, 2.75) is 13.5 Å². The third-order valence-corrected chi connectivity index (χ3v) is 4.98. The topological polar surface area (TPSA) is 55.0 Å². The number of benzene rings is 3. The molecule has 0 fully saturated rings. The van der Waals surface area contributed by atoms with E-state index in [-0.39, 0.29) is 0 Å². The largest absolute Gasteiger partial charge is 0.488 e. The van der Waals surface area contributed by atoms with Crippen LogP contribution >= 0.6 is 0 Å². The van der Waals surface area contributed by atoms with Crippen LogP contribution in [0.15, 0.2) is 77.6 Å². The number of rotatable bonds is 6. The molecule has 0 bridgehead atoms. The number of halogens is 2. The molecule has 4 nitrogen and oxygen atoms in total. The number of ether oxygens (including phenoxy) is 1. The predicted octanol–water partition coefficient (Wildman–Crippen LogP) is 5.77. The van der Waals surface area contributed by atoms with E-state index in [1.807, 2.05) is 54.6 Å². The van der Waals surface area contributed by atoms with Crippen molar-refractivity contribution < 1.29 is 13.5 Å². The van der Waals surface area contributed by atoms with Gasteiger partial charge in [0.25, 0.3) is 5.56 Å². The first kappa shape index (κ1) is 21.2. The summed E-state index contributed by atoms with van der Waals surface area (Å²) in [6.45, 7) is 2.15. The third kappa shape index (κ3) is 4.64. The molecule has 0 saturated carbocycles. The summed E-state index contributed by atoms with van der Waals surface area (Å²) in [5, 5.41) is 6.60. The molecule has 0 amide bonds. The summed E-state index contributed by atoms with van der Waals surface area (Å²) in [5.74, 6) is -1.27. The van der Waals surface area contributed by atoms with Crippen molar-refractivity contribution in [3.8, 4) is 16.9 Å². The average molecular weight is 430 g/mol. The minimum absolute atomic E-state index is 0.345. The highest BCUT2D eigenvalue weighted by molar-refractivity contribution is 5.84. The second kappa shape index (κ2) is 9.39. The van der Waals surface area contributed by atoms with E-state index in [2.05, 4.69) is 10.2 Å². The lowest BCUT2D eigenvalue weighted by atomic mass is 9.98.